The van der Waals surface area contributed by atoms with Crippen molar-refractivity contribution < 1.29 is 14.4 Å². The second kappa shape index (κ2) is 9.52. The molecule has 1 saturated heterocycles. The molecule has 1 heterocycles. The van der Waals surface area contributed by atoms with Crippen LogP contribution in [0.25, 0.3) is 0 Å². The number of ether oxygens (including phenoxy) is 2. The maximum atomic E-state index is 5.55. The quantitative estimate of drug-likeness (QED) is 0.673. The molecular formula is C20H26N3O2S+. The number of thiocarbonyl (C=S) groups is 1. The Bertz CT molecular complexity index is 688. The summed E-state index contributed by atoms with van der Waals surface area (Å²) in [4.78, 5) is 1.53. The van der Waals surface area contributed by atoms with Crippen LogP contribution < -0.4 is 20.3 Å². The van der Waals surface area contributed by atoms with E-state index in [1.54, 1.807) is 7.11 Å². The van der Waals surface area contributed by atoms with Crippen LogP contribution in [0.3, 0.4) is 0 Å². The zero-order valence-electron chi connectivity index (χ0n) is 15.0. The Balaban J connectivity index is 1.64. The molecule has 0 spiro atoms. The number of anilines is 1. The number of morpholine rings is 1. The lowest BCUT2D eigenvalue weighted by molar-refractivity contribution is -0.909. The molecule has 0 bridgehead atoms. The van der Waals surface area contributed by atoms with E-state index >= 15 is 0 Å². The fraction of sp³-hybridized carbons (Fsp3) is 0.350. The van der Waals surface area contributed by atoms with Gasteiger partial charge in [0, 0.05) is 5.69 Å². The number of hydrogen-bond donors (Lipinski definition) is 3. The van der Waals surface area contributed by atoms with Crippen LogP contribution in [0.2, 0.25) is 0 Å². The number of nitrogens with one attached hydrogen (secondary N) is 3. The van der Waals surface area contributed by atoms with E-state index in [9.17, 15) is 0 Å². The molecule has 0 unspecified atom stereocenters. The molecule has 0 aromatic heterocycles. The Kier molecular flexibility index (Phi) is 6.82. The number of quaternary nitrogens is 1. The zero-order chi connectivity index (χ0) is 18.2. The number of rotatable bonds is 6. The molecule has 0 saturated carbocycles. The molecule has 5 nitrogen and oxygen atoms in total. The largest absolute Gasteiger partial charge is 0.497 e. The third kappa shape index (κ3) is 5.42. The monoisotopic (exact) mass is 372 g/mol. The number of methoxy groups -OCH3 is 1. The molecule has 3 rings (SSSR count). The first-order valence-electron chi connectivity index (χ1n) is 8.92. The van der Waals surface area contributed by atoms with Crippen LogP contribution in [0.5, 0.6) is 5.75 Å². The first kappa shape index (κ1) is 18.6. The molecule has 0 amide bonds. The fourth-order valence-corrected chi connectivity index (χ4v) is 3.35. The van der Waals surface area contributed by atoms with Crippen LogP contribution in [0, 0.1) is 0 Å². The molecule has 0 radical (unpaired) electrons. The van der Waals surface area contributed by atoms with Gasteiger partial charge < -0.3 is 25.0 Å². The van der Waals surface area contributed by atoms with Gasteiger partial charge in [0.15, 0.2) is 5.11 Å². The topological polar surface area (TPSA) is 47.0 Å². The van der Waals surface area contributed by atoms with Crippen LogP contribution in [0.1, 0.15) is 11.6 Å². The van der Waals surface area contributed by atoms with Gasteiger partial charge >= 0.3 is 0 Å². The van der Waals surface area contributed by atoms with Crippen molar-refractivity contribution in [2.75, 3.05) is 45.3 Å². The molecule has 26 heavy (non-hydrogen) atoms. The first-order chi connectivity index (χ1) is 12.7. The van der Waals surface area contributed by atoms with Crippen molar-refractivity contribution >= 4 is 23.0 Å². The van der Waals surface area contributed by atoms with Gasteiger partial charge in [0.1, 0.15) is 31.4 Å². The summed E-state index contributed by atoms with van der Waals surface area (Å²) < 4.78 is 10.7. The highest BCUT2D eigenvalue weighted by molar-refractivity contribution is 7.80. The van der Waals surface area contributed by atoms with Crippen molar-refractivity contribution in [3.8, 4) is 5.75 Å². The SMILES string of the molecule is COc1ccc(NC(=S)N[C@H](C[NH+]2CCOCC2)c2ccccc2)cc1. The van der Waals surface area contributed by atoms with E-state index < -0.39 is 0 Å². The van der Waals surface area contributed by atoms with Gasteiger partial charge in [0.05, 0.1) is 20.3 Å². The van der Waals surface area contributed by atoms with Gasteiger partial charge in [-0.1, -0.05) is 30.3 Å². The second-order valence-corrected chi connectivity index (χ2v) is 6.76. The summed E-state index contributed by atoms with van der Waals surface area (Å²) >= 11 is 5.55. The summed E-state index contributed by atoms with van der Waals surface area (Å²) in [5.74, 6) is 0.826. The standard InChI is InChI=1S/C20H25N3O2S/c1-24-18-9-7-17(8-10-18)21-20(26)22-19(16-5-3-2-4-6-16)15-23-11-13-25-14-12-23/h2-10,19H,11-15H2,1H3,(H2,21,22,26)/p+1/t19-/m1/s1. The molecule has 1 atom stereocenters. The Hall–Kier alpha value is -2.15. The van der Waals surface area contributed by atoms with Gasteiger partial charge in [0.2, 0.25) is 0 Å². The lowest BCUT2D eigenvalue weighted by Crippen LogP contribution is -3.14. The normalized spacial score (nSPS) is 15.9. The van der Waals surface area contributed by atoms with Gasteiger partial charge in [-0.05, 0) is 42.0 Å². The summed E-state index contributed by atoms with van der Waals surface area (Å²) in [6.07, 6.45) is 0. The van der Waals surface area contributed by atoms with Crippen molar-refractivity contribution in [3.05, 3.63) is 60.2 Å². The summed E-state index contributed by atoms with van der Waals surface area (Å²) in [7, 11) is 1.66. The highest BCUT2D eigenvalue weighted by atomic mass is 32.1. The lowest BCUT2D eigenvalue weighted by Gasteiger charge is -2.29. The average molecular weight is 373 g/mol. The maximum absolute atomic E-state index is 5.55. The molecule has 0 aliphatic carbocycles. The highest BCUT2D eigenvalue weighted by Crippen LogP contribution is 2.16. The van der Waals surface area contributed by atoms with Gasteiger partial charge in [-0.25, -0.2) is 0 Å². The number of hydrogen-bond acceptors (Lipinski definition) is 3. The smallest absolute Gasteiger partial charge is 0.171 e. The minimum atomic E-state index is 0.155. The van der Waals surface area contributed by atoms with Crippen LogP contribution >= 0.6 is 12.2 Å². The molecule has 1 fully saturated rings. The van der Waals surface area contributed by atoms with E-state index in [4.69, 9.17) is 21.7 Å². The zero-order valence-corrected chi connectivity index (χ0v) is 15.9. The molecule has 2 aromatic carbocycles. The molecular weight excluding hydrogens is 346 g/mol. The van der Waals surface area contributed by atoms with E-state index in [-0.39, 0.29) is 6.04 Å². The van der Waals surface area contributed by atoms with Gasteiger partial charge in [-0.3, -0.25) is 0 Å². The van der Waals surface area contributed by atoms with Crippen LogP contribution in [0.15, 0.2) is 54.6 Å². The van der Waals surface area contributed by atoms with Gasteiger partial charge in [0.25, 0.3) is 0 Å². The second-order valence-electron chi connectivity index (χ2n) is 6.36. The van der Waals surface area contributed by atoms with Crippen molar-refractivity contribution in [2.24, 2.45) is 0 Å². The van der Waals surface area contributed by atoms with E-state index in [0.717, 1.165) is 44.3 Å². The Morgan fingerprint density at radius 3 is 2.46 bits per heavy atom. The molecule has 2 aromatic rings. The van der Waals surface area contributed by atoms with E-state index in [1.807, 2.05) is 30.3 Å². The Labute approximate surface area is 160 Å². The predicted molar refractivity (Wildman–Crippen MR) is 108 cm³/mol. The lowest BCUT2D eigenvalue weighted by atomic mass is 10.1. The third-order valence-corrected chi connectivity index (χ3v) is 4.77. The van der Waals surface area contributed by atoms with E-state index in [2.05, 4.69) is 34.9 Å². The molecule has 138 valence electrons. The van der Waals surface area contributed by atoms with Gasteiger partial charge in [-0.15, -0.1) is 0 Å². The van der Waals surface area contributed by atoms with E-state index in [1.165, 1.54) is 10.5 Å². The summed E-state index contributed by atoms with van der Waals surface area (Å²) in [5.41, 5.74) is 2.18. The molecule has 6 heteroatoms. The minimum Gasteiger partial charge on any atom is -0.497 e. The third-order valence-electron chi connectivity index (χ3n) is 4.55. The van der Waals surface area contributed by atoms with Crippen LogP contribution in [0.4, 0.5) is 5.69 Å². The van der Waals surface area contributed by atoms with Crippen molar-refractivity contribution in [1.29, 1.82) is 0 Å². The fourth-order valence-electron chi connectivity index (χ4n) is 3.09. The predicted octanol–water partition coefficient (Wildman–Crippen LogP) is 1.64. The summed E-state index contributed by atoms with van der Waals surface area (Å²) in [5, 5.41) is 7.37. The highest BCUT2D eigenvalue weighted by Gasteiger charge is 2.22. The maximum Gasteiger partial charge on any atom is 0.171 e. The summed E-state index contributed by atoms with van der Waals surface area (Å²) in [6, 6.07) is 18.4. The Morgan fingerprint density at radius 1 is 1.12 bits per heavy atom. The first-order valence-corrected chi connectivity index (χ1v) is 9.33. The van der Waals surface area contributed by atoms with Crippen molar-refractivity contribution in [1.82, 2.24) is 5.32 Å². The Morgan fingerprint density at radius 2 is 1.81 bits per heavy atom. The van der Waals surface area contributed by atoms with Crippen LogP contribution in [-0.4, -0.2) is 45.1 Å². The van der Waals surface area contributed by atoms with E-state index in [0.29, 0.717) is 5.11 Å². The summed E-state index contributed by atoms with van der Waals surface area (Å²) in [6.45, 7) is 4.68. The van der Waals surface area contributed by atoms with Crippen molar-refractivity contribution in [2.45, 2.75) is 6.04 Å². The molecule has 3 N–H and O–H groups in total. The minimum absolute atomic E-state index is 0.155. The molecule has 1 aliphatic rings. The molecule has 1 aliphatic heterocycles. The van der Waals surface area contributed by atoms with Gasteiger partial charge in [-0.2, -0.15) is 0 Å². The van der Waals surface area contributed by atoms with Crippen LogP contribution in [-0.2, 0) is 4.74 Å². The number of benzene rings is 2. The average Bonchev–Trinajstić information content (AvgIpc) is 2.69. The van der Waals surface area contributed by atoms with Crippen molar-refractivity contribution in [3.63, 3.8) is 0 Å².